The van der Waals surface area contributed by atoms with Crippen LogP contribution in [0, 0.1) is 5.41 Å². The zero-order valence-electron chi connectivity index (χ0n) is 12.7. The van der Waals surface area contributed by atoms with E-state index in [-0.39, 0.29) is 5.76 Å². The van der Waals surface area contributed by atoms with Crippen molar-refractivity contribution >= 4 is 5.97 Å². The summed E-state index contributed by atoms with van der Waals surface area (Å²) < 4.78 is 10.4. The Morgan fingerprint density at radius 1 is 1.33 bits per heavy atom. The molecule has 0 saturated heterocycles. The fourth-order valence-electron chi connectivity index (χ4n) is 3.33. The summed E-state index contributed by atoms with van der Waals surface area (Å²) in [7, 11) is 0. The minimum Gasteiger partial charge on any atom is -0.457 e. The highest BCUT2D eigenvalue weighted by atomic mass is 16.5. The number of carbonyl (C=O) groups excluding carboxylic acids is 1. The maximum atomic E-state index is 11.9. The van der Waals surface area contributed by atoms with Gasteiger partial charge in [-0.1, -0.05) is 26.8 Å². The van der Waals surface area contributed by atoms with Gasteiger partial charge in [-0.15, -0.1) is 0 Å². The number of ether oxygens (including phenoxy) is 1. The van der Waals surface area contributed by atoms with Crippen LogP contribution in [0.25, 0.3) is 0 Å². The molecule has 0 radical (unpaired) electrons. The molecule has 1 aliphatic rings. The van der Waals surface area contributed by atoms with Crippen LogP contribution in [0.1, 0.15) is 54.8 Å². The molecule has 1 aliphatic carbocycles. The van der Waals surface area contributed by atoms with Crippen LogP contribution in [0.3, 0.4) is 0 Å². The molecule has 110 valence electrons. The molecule has 0 N–H and O–H groups in total. The number of hydrogen-bond donors (Lipinski definition) is 0. The van der Waals surface area contributed by atoms with Gasteiger partial charge in [-0.2, -0.15) is 0 Å². The van der Waals surface area contributed by atoms with E-state index < -0.39 is 5.97 Å². The van der Waals surface area contributed by atoms with E-state index in [2.05, 4.69) is 26.8 Å². The minimum atomic E-state index is -0.455. The standard InChI is InChI=1S/C18H20O3/c1-12-10-18(2,3)11-13-6-7-14(9-15(12)13)21-17(19)16-5-4-8-20-16/h4-9,12H,10-11H2,1-3H3. The lowest BCUT2D eigenvalue weighted by Crippen LogP contribution is -2.24. The van der Waals surface area contributed by atoms with Crippen LogP contribution < -0.4 is 4.74 Å². The number of carbonyl (C=O) groups is 1. The summed E-state index contributed by atoms with van der Waals surface area (Å²) in [5, 5.41) is 0. The van der Waals surface area contributed by atoms with Gasteiger partial charge < -0.3 is 9.15 Å². The topological polar surface area (TPSA) is 39.4 Å². The lowest BCUT2D eigenvalue weighted by Gasteiger charge is -2.35. The number of hydrogen-bond acceptors (Lipinski definition) is 3. The zero-order valence-corrected chi connectivity index (χ0v) is 12.7. The summed E-state index contributed by atoms with van der Waals surface area (Å²) in [6.07, 6.45) is 3.68. The molecule has 3 heteroatoms. The van der Waals surface area contributed by atoms with Gasteiger partial charge in [0.1, 0.15) is 5.75 Å². The van der Waals surface area contributed by atoms with E-state index in [4.69, 9.17) is 9.15 Å². The third-order valence-electron chi connectivity index (χ3n) is 4.11. The molecule has 3 rings (SSSR count). The van der Waals surface area contributed by atoms with Gasteiger partial charge in [0.15, 0.2) is 0 Å². The highest BCUT2D eigenvalue weighted by Gasteiger charge is 2.30. The van der Waals surface area contributed by atoms with Gasteiger partial charge in [0.25, 0.3) is 0 Å². The van der Waals surface area contributed by atoms with Crippen molar-refractivity contribution in [2.24, 2.45) is 5.41 Å². The van der Waals surface area contributed by atoms with Gasteiger partial charge in [0.05, 0.1) is 6.26 Å². The molecule has 0 amide bonds. The van der Waals surface area contributed by atoms with Gasteiger partial charge in [-0.25, -0.2) is 4.79 Å². The minimum absolute atomic E-state index is 0.224. The van der Waals surface area contributed by atoms with Gasteiger partial charge in [0.2, 0.25) is 5.76 Å². The monoisotopic (exact) mass is 284 g/mol. The van der Waals surface area contributed by atoms with E-state index in [1.165, 1.54) is 17.4 Å². The summed E-state index contributed by atoms with van der Waals surface area (Å²) in [4.78, 5) is 11.9. The van der Waals surface area contributed by atoms with Gasteiger partial charge >= 0.3 is 5.97 Å². The zero-order chi connectivity index (χ0) is 15.0. The molecule has 0 spiro atoms. The molecule has 1 heterocycles. The SMILES string of the molecule is CC1CC(C)(C)Cc2ccc(OC(=O)c3ccco3)cc21. The second kappa shape index (κ2) is 5.06. The maximum absolute atomic E-state index is 11.9. The first-order chi connectivity index (χ1) is 9.94. The Morgan fingerprint density at radius 3 is 2.86 bits per heavy atom. The van der Waals surface area contributed by atoms with Crippen LogP contribution in [-0.2, 0) is 6.42 Å². The summed E-state index contributed by atoms with van der Waals surface area (Å²) in [5.74, 6) is 0.832. The van der Waals surface area contributed by atoms with E-state index in [9.17, 15) is 4.79 Å². The molecule has 21 heavy (non-hydrogen) atoms. The Bertz CT molecular complexity index is 653. The van der Waals surface area contributed by atoms with E-state index in [1.54, 1.807) is 12.1 Å². The molecule has 0 saturated carbocycles. The van der Waals surface area contributed by atoms with Crippen molar-refractivity contribution in [2.45, 2.75) is 39.5 Å². The first-order valence-corrected chi connectivity index (χ1v) is 7.33. The average Bonchev–Trinajstić information content (AvgIpc) is 2.92. The van der Waals surface area contributed by atoms with Crippen molar-refractivity contribution in [3.63, 3.8) is 0 Å². The van der Waals surface area contributed by atoms with E-state index >= 15 is 0 Å². The molecule has 2 aromatic rings. The largest absolute Gasteiger partial charge is 0.457 e. The van der Waals surface area contributed by atoms with Crippen LogP contribution in [0.2, 0.25) is 0 Å². The van der Waals surface area contributed by atoms with Crippen LogP contribution in [-0.4, -0.2) is 5.97 Å². The van der Waals surface area contributed by atoms with Crippen LogP contribution in [0.15, 0.2) is 41.0 Å². The van der Waals surface area contributed by atoms with Crippen molar-refractivity contribution in [2.75, 3.05) is 0 Å². The fourth-order valence-corrected chi connectivity index (χ4v) is 3.33. The molecule has 0 fully saturated rings. The number of fused-ring (bicyclic) bond motifs is 1. The summed E-state index contributed by atoms with van der Waals surface area (Å²) >= 11 is 0. The van der Waals surface area contributed by atoms with E-state index in [0.717, 1.165) is 12.8 Å². The van der Waals surface area contributed by atoms with Crippen molar-refractivity contribution in [3.05, 3.63) is 53.5 Å². The first kappa shape index (κ1) is 13.9. The number of benzene rings is 1. The predicted molar refractivity (Wildman–Crippen MR) is 80.6 cm³/mol. The third kappa shape index (κ3) is 2.87. The molecular weight excluding hydrogens is 264 g/mol. The second-order valence-corrected chi connectivity index (χ2v) is 6.67. The molecular formula is C18H20O3. The Balaban J connectivity index is 1.83. The van der Waals surface area contributed by atoms with Crippen molar-refractivity contribution in [1.29, 1.82) is 0 Å². The molecule has 1 aromatic heterocycles. The van der Waals surface area contributed by atoms with Gasteiger partial charge in [-0.3, -0.25) is 0 Å². The Hall–Kier alpha value is -2.03. The molecule has 0 bridgehead atoms. The molecule has 3 nitrogen and oxygen atoms in total. The lowest BCUT2D eigenvalue weighted by atomic mass is 9.70. The van der Waals surface area contributed by atoms with Crippen LogP contribution in [0.4, 0.5) is 0 Å². The Kier molecular flexibility index (Phi) is 3.36. The highest BCUT2D eigenvalue weighted by Crippen LogP contribution is 2.42. The van der Waals surface area contributed by atoms with Gasteiger partial charge in [-0.05, 0) is 59.6 Å². The normalized spacial score (nSPS) is 19.9. The average molecular weight is 284 g/mol. The maximum Gasteiger partial charge on any atom is 0.379 e. The quantitative estimate of drug-likeness (QED) is 0.599. The third-order valence-corrected chi connectivity index (χ3v) is 4.11. The number of rotatable bonds is 2. The summed E-state index contributed by atoms with van der Waals surface area (Å²) in [5.41, 5.74) is 2.98. The van der Waals surface area contributed by atoms with Crippen LogP contribution >= 0.6 is 0 Å². The molecule has 1 aromatic carbocycles. The van der Waals surface area contributed by atoms with Crippen molar-refractivity contribution < 1.29 is 13.9 Å². The summed E-state index contributed by atoms with van der Waals surface area (Å²) in [6, 6.07) is 9.22. The smallest absolute Gasteiger partial charge is 0.379 e. The molecule has 1 unspecified atom stereocenters. The molecule has 0 aliphatic heterocycles. The molecule has 1 atom stereocenters. The summed E-state index contributed by atoms with van der Waals surface area (Å²) in [6.45, 7) is 6.84. The van der Waals surface area contributed by atoms with Crippen LogP contribution in [0.5, 0.6) is 5.75 Å². The van der Waals surface area contributed by atoms with Gasteiger partial charge in [0, 0.05) is 0 Å². The van der Waals surface area contributed by atoms with Crippen molar-refractivity contribution in [3.8, 4) is 5.75 Å². The lowest BCUT2D eigenvalue weighted by molar-refractivity contribution is 0.0701. The number of furan rings is 1. The second-order valence-electron chi connectivity index (χ2n) is 6.67. The van der Waals surface area contributed by atoms with Crippen molar-refractivity contribution in [1.82, 2.24) is 0 Å². The first-order valence-electron chi connectivity index (χ1n) is 7.33. The van der Waals surface area contributed by atoms with E-state index in [1.807, 2.05) is 12.1 Å². The fraction of sp³-hybridized carbons (Fsp3) is 0.389. The predicted octanol–water partition coefficient (Wildman–Crippen LogP) is 4.57. The number of esters is 1. The van der Waals surface area contributed by atoms with E-state index in [0.29, 0.717) is 17.1 Å². The highest BCUT2D eigenvalue weighted by molar-refractivity contribution is 5.88. The Labute approximate surface area is 124 Å². The Morgan fingerprint density at radius 2 is 2.14 bits per heavy atom.